The average molecular weight is 1000 g/mol. The van der Waals surface area contributed by atoms with Crippen molar-refractivity contribution in [2.24, 2.45) is 5.10 Å². The fourth-order valence-corrected chi connectivity index (χ4v) is 8.65. The van der Waals surface area contributed by atoms with E-state index < -0.39 is 18.2 Å². The van der Waals surface area contributed by atoms with Crippen molar-refractivity contribution in [1.82, 2.24) is 4.98 Å². The Hall–Kier alpha value is -6.58. The van der Waals surface area contributed by atoms with Gasteiger partial charge in [0, 0.05) is 38.0 Å². The molecule has 0 N–H and O–H groups in total. The topological polar surface area (TPSA) is 136 Å². The number of hydrazone groups is 1. The highest BCUT2D eigenvalue weighted by Crippen LogP contribution is 2.35. The van der Waals surface area contributed by atoms with Crippen molar-refractivity contribution < 1.29 is 47.5 Å². The number of hydrogen-bond acceptors (Lipinski definition) is 14. The average Bonchev–Trinajstić information content (AvgIpc) is 3.85. The van der Waals surface area contributed by atoms with E-state index in [1.54, 1.807) is 62.0 Å². The van der Waals surface area contributed by atoms with Crippen LogP contribution in [-0.2, 0) is 23.7 Å². The van der Waals surface area contributed by atoms with Crippen molar-refractivity contribution in [1.29, 1.82) is 0 Å². The second-order valence-corrected chi connectivity index (χ2v) is 18.0. The second kappa shape index (κ2) is 30.3. The summed E-state index contributed by atoms with van der Waals surface area (Å²) in [6, 6.07) is 32.2. The third kappa shape index (κ3) is 17.3. The summed E-state index contributed by atoms with van der Waals surface area (Å²) in [5.41, 5.74) is 2.86. The van der Waals surface area contributed by atoms with E-state index in [9.17, 15) is 9.59 Å². The fraction of sp³-hybridized carbons (Fsp3) is 0.379. The molecule has 0 amide bonds. The summed E-state index contributed by atoms with van der Waals surface area (Å²) in [4.78, 5) is 29.5. The number of methoxy groups -OCH3 is 2. The van der Waals surface area contributed by atoms with Crippen LogP contribution in [0, 0.1) is 0 Å². The van der Waals surface area contributed by atoms with E-state index in [0.29, 0.717) is 55.8 Å². The molecular formula is C58H69N3O10S. The minimum atomic E-state index is -0.747. The molecular weight excluding hydrogens is 931 g/mol. The Morgan fingerprint density at radius 3 is 2.06 bits per heavy atom. The first-order valence-corrected chi connectivity index (χ1v) is 25.8. The molecule has 14 heteroatoms. The zero-order valence-electron chi connectivity index (χ0n) is 42.0. The van der Waals surface area contributed by atoms with Crippen LogP contribution in [-0.4, -0.2) is 76.6 Å². The number of aromatic nitrogens is 1. The lowest BCUT2D eigenvalue weighted by atomic mass is 10.0. The molecule has 0 aliphatic carbocycles. The smallest absolute Gasteiger partial charge is 0.343 e. The molecule has 5 aromatic carbocycles. The molecule has 0 saturated heterocycles. The number of esters is 2. The van der Waals surface area contributed by atoms with Crippen molar-refractivity contribution in [3.63, 3.8) is 0 Å². The summed E-state index contributed by atoms with van der Waals surface area (Å²) in [7, 11) is 3.22. The van der Waals surface area contributed by atoms with Crippen molar-refractivity contribution in [2.75, 3.05) is 52.2 Å². The van der Waals surface area contributed by atoms with Crippen molar-refractivity contribution in [2.45, 2.75) is 96.6 Å². The monoisotopic (exact) mass is 999 g/mol. The Balaban J connectivity index is 1.15. The Labute approximate surface area is 428 Å². The molecule has 0 bridgehead atoms. The standard InChI is InChI=1S/C58H69N3O10S/c1-6-9-10-17-36-61(58-60-51-22-15-16-23-53(51)72-58)59-42-50-49-34-33-48(70-56(63)43-24-29-46(30-25-43)66-37-18-11-13-20-39-68-54(62)7-2)41-45(49)28-35-52(50)71-57(65-5)44-26-31-47(32-27-44)67-38-19-12-14-21-40-69-55(8-3)64-4/h7-8,15-16,22-35,41-42,55,57H,2-3,6,9-14,17-21,36-40H2,1,4-5H3/b59-42+. The fourth-order valence-electron chi connectivity index (χ4n) is 7.70. The molecule has 0 saturated carbocycles. The Bertz CT molecular complexity index is 2600. The summed E-state index contributed by atoms with van der Waals surface area (Å²) in [6.07, 6.45) is 15.3. The van der Waals surface area contributed by atoms with E-state index in [2.05, 4.69) is 26.1 Å². The van der Waals surface area contributed by atoms with Crippen LogP contribution >= 0.6 is 11.3 Å². The molecule has 1 aromatic heterocycles. The quantitative estimate of drug-likeness (QED) is 0.00556. The lowest BCUT2D eigenvalue weighted by Gasteiger charge is -2.21. The summed E-state index contributed by atoms with van der Waals surface area (Å²) in [5.74, 6) is 1.48. The minimum absolute atomic E-state index is 0.365. The summed E-state index contributed by atoms with van der Waals surface area (Å²) in [5, 5.41) is 9.56. The van der Waals surface area contributed by atoms with E-state index >= 15 is 0 Å². The Kier molecular flexibility index (Phi) is 23.1. The van der Waals surface area contributed by atoms with Crippen LogP contribution in [0.1, 0.15) is 112 Å². The van der Waals surface area contributed by atoms with E-state index in [1.165, 1.54) is 6.08 Å². The third-order valence-electron chi connectivity index (χ3n) is 11.7. The molecule has 13 nitrogen and oxygen atoms in total. The number of nitrogens with zero attached hydrogens (tertiary/aromatic N) is 3. The molecule has 6 aromatic rings. The maximum Gasteiger partial charge on any atom is 0.343 e. The molecule has 0 fully saturated rings. The van der Waals surface area contributed by atoms with Crippen molar-refractivity contribution >= 4 is 55.6 Å². The molecule has 2 atom stereocenters. The highest BCUT2D eigenvalue weighted by molar-refractivity contribution is 7.22. The van der Waals surface area contributed by atoms with Crippen LogP contribution in [0.3, 0.4) is 0 Å². The largest absolute Gasteiger partial charge is 0.494 e. The van der Waals surface area contributed by atoms with Crippen molar-refractivity contribution in [3.8, 4) is 23.0 Å². The van der Waals surface area contributed by atoms with E-state index in [0.717, 1.165) is 120 Å². The number of hydrogen-bond donors (Lipinski definition) is 0. The maximum atomic E-state index is 13.4. The Morgan fingerprint density at radius 1 is 0.722 bits per heavy atom. The van der Waals surface area contributed by atoms with Crippen LogP contribution < -0.4 is 24.0 Å². The van der Waals surface area contributed by atoms with E-state index in [4.69, 9.17) is 48.0 Å². The summed E-state index contributed by atoms with van der Waals surface area (Å²) >= 11 is 1.61. The number of carbonyl (C=O) groups excluding carboxylic acids is 2. The first kappa shape index (κ1) is 54.7. The minimum Gasteiger partial charge on any atom is -0.494 e. The van der Waals surface area contributed by atoms with Gasteiger partial charge in [0.2, 0.25) is 11.4 Å². The number of carbonyl (C=O) groups is 2. The first-order chi connectivity index (χ1) is 35.3. The van der Waals surface area contributed by atoms with Gasteiger partial charge in [-0.3, -0.25) is 0 Å². The number of unbranched alkanes of at least 4 members (excludes halogenated alkanes) is 9. The summed E-state index contributed by atoms with van der Waals surface area (Å²) in [6.45, 7) is 12.2. The molecule has 382 valence electrons. The molecule has 0 spiro atoms. The SMILES string of the molecule is C=CC(=O)OCCCCCCOc1ccc(C(=O)Oc2ccc3c(/C=N/N(CCCCCC)c4nc5ccccc5s4)c(OC(OC)c4ccc(OCCCCCCOC(C=C)OC)cc4)ccc3c2)cc1. The number of anilines is 1. The zero-order valence-corrected chi connectivity index (χ0v) is 42.8. The van der Waals surface area contributed by atoms with Gasteiger partial charge in [-0.2, -0.15) is 5.10 Å². The van der Waals surface area contributed by atoms with Gasteiger partial charge < -0.3 is 37.9 Å². The molecule has 6 rings (SSSR count). The lowest BCUT2D eigenvalue weighted by Crippen LogP contribution is -2.18. The first-order valence-electron chi connectivity index (χ1n) is 25.0. The van der Waals surface area contributed by atoms with Crippen LogP contribution in [0.4, 0.5) is 5.13 Å². The van der Waals surface area contributed by atoms with Crippen LogP contribution in [0.15, 0.2) is 134 Å². The third-order valence-corrected chi connectivity index (χ3v) is 12.7. The van der Waals surface area contributed by atoms with Gasteiger partial charge >= 0.3 is 11.9 Å². The molecule has 0 radical (unpaired) electrons. The van der Waals surface area contributed by atoms with Crippen molar-refractivity contribution in [3.05, 3.63) is 145 Å². The van der Waals surface area contributed by atoms with E-state index in [1.807, 2.05) is 78.0 Å². The number of rotatable bonds is 34. The predicted molar refractivity (Wildman–Crippen MR) is 287 cm³/mol. The van der Waals surface area contributed by atoms with Crippen LogP contribution in [0.5, 0.6) is 23.0 Å². The van der Waals surface area contributed by atoms with Gasteiger partial charge in [0.1, 0.15) is 23.0 Å². The summed E-state index contributed by atoms with van der Waals surface area (Å²) < 4.78 is 47.4. The van der Waals surface area contributed by atoms with Gasteiger partial charge in [-0.25, -0.2) is 19.6 Å². The Morgan fingerprint density at radius 2 is 1.39 bits per heavy atom. The van der Waals surface area contributed by atoms with Gasteiger partial charge in [-0.15, -0.1) is 0 Å². The second-order valence-electron chi connectivity index (χ2n) is 17.0. The normalized spacial score (nSPS) is 12.2. The number of ether oxygens (including phenoxy) is 8. The van der Waals surface area contributed by atoms with Gasteiger partial charge in [0.05, 0.1) is 48.4 Å². The van der Waals surface area contributed by atoms with Gasteiger partial charge in [0.15, 0.2) is 6.29 Å². The van der Waals surface area contributed by atoms with Gasteiger partial charge in [0.25, 0.3) is 0 Å². The maximum absolute atomic E-state index is 13.4. The lowest BCUT2D eigenvalue weighted by molar-refractivity contribution is -0.137. The predicted octanol–water partition coefficient (Wildman–Crippen LogP) is 13.6. The van der Waals surface area contributed by atoms with Gasteiger partial charge in [-0.05, 0) is 153 Å². The molecule has 72 heavy (non-hydrogen) atoms. The molecule has 0 aliphatic rings. The van der Waals surface area contributed by atoms with Crippen LogP contribution in [0.25, 0.3) is 21.0 Å². The molecule has 1 heterocycles. The van der Waals surface area contributed by atoms with E-state index in [-0.39, 0.29) is 6.29 Å². The number of fused-ring (bicyclic) bond motifs is 2. The number of thiazole rings is 1. The zero-order chi connectivity index (χ0) is 50.8. The highest BCUT2D eigenvalue weighted by atomic mass is 32.1. The van der Waals surface area contributed by atoms with Crippen LogP contribution in [0.2, 0.25) is 0 Å². The number of benzene rings is 5. The molecule has 0 aliphatic heterocycles. The van der Waals surface area contributed by atoms with Gasteiger partial charge in [-0.1, -0.05) is 75.3 Å². The number of para-hydroxylation sites is 1. The highest BCUT2D eigenvalue weighted by Gasteiger charge is 2.19. The molecule has 2 unspecified atom stereocenters.